The van der Waals surface area contributed by atoms with Gasteiger partial charge in [-0.15, -0.1) is 0 Å². The number of nitrogens with two attached hydrogens (primary N) is 1. The molecule has 1 atom stereocenters. The molecule has 0 heterocycles. The maximum atomic E-state index is 13.2. The lowest BCUT2D eigenvalue weighted by Crippen LogP contribution is -2.12. The fraction of sp³-hybridized carbons (Fsp3) is 0.0714. The molecule has 0 aliphatic rings. The third-order valence-corrected chi connectivity index (χ3v) is 3.83. The minimum absolute atomic E-state index is 0.0700. The van der Waals surface area contributed by atoms with Crippen LogP contribution in [0.4, 0.5) is 14.5 Å². The van der Waals surface area contributed by atoms with Crippen LogP contribution in [0.25, 0.3) is 0 Å². The van der Waals surface area contributed by atoms with E-state index in [0.717, 1.165) is 12.1 Å². The molecule has 0 bridgehead atoms. The number of halogens is 2. The molecule has 0 saturated heterocycles. The molecule has 0 spiro atoms. The van der Waals surface area contributed by atoms with E-state index in [1.165, 1.54) is 30.3 Å². The van der Waals surface area contributed by atoms with Gasteiger partial charge in [-0.1, -0.05) is 6.07 Å². The van der Waals surface area contributed by atoms with Crippen molar-refractivity contribution < 1.29 is 17.2 Å². The summed E-state index contributed by atoms with van der Waals surface area (Å²) >= 11 is 0. The quantitative estimate of drug-likeness (QED) is 0.902. The number of primary sulfonamides is 1. The summed E-state index contributed by atoms with van der Waals surface area (Å²) in [4.78, 5) is -0.0700. The average molecular weight is 323 g/mol. The highest BCUT2D eigenvalue weighted by molar-refractivity contribution is 7.89. The summed E-state index contributed by atoms with van der Waals surface area (Å²) in [6.45, 7) is 0. The number of hydrogen-bond acceptors (Lipinski definition) is 4. The molecular weight excluding hydrogens is 312 g/mol. The number of hydrogen-bond donors (Lipinski definition) is 2. The standard InChI is InChI=1S/C14H11F2N3O2S/c15-12-6-1-9(7-13(12)16)14(8-17)19-10-2-4-11(5-3-10)22(18,20)21/h1-7,14,19H,(H2,18,20,21). The lowest BCUT2D eigenvalue weighted by atomic mass is 10.1. The summed E-state index contributed by atoms with van der Waals surface area (Å²) in [7, 11) is -3.80. The third-order valence-electron chi connectivity index (χ3n) is 2.90. The highest BCUT2D eigenvalue weighted by Gasteiger charge is 2.14. The SMILES string of the molecule is N#CC(Nc1ccc(S(N)(=O)=O)cc1)c1ccc(F)c(F)c1. The molecule has 5 nitrogen and oxygen atoms in total. The Morgan fingerprint density at radius 2 is 1.73 bits per heavy atom. The van der Waals surface area contributed by atoms with Gasteiger partial charge >= 0.3 is 0 Å². The van der Waals surface area contributed by atoms with Crippen molar-refractivity contribution in [1.82, 2.24) is 0 Å². The summed E-state index contributed by atoms with van der Waals surface area (Å²) in [6.07, 6.45) is 0. The van der Waals surface area contributed by atoms with Crippen molar-refractivity contribution in [1.29, 1.82) is 5.26 Å². The van der Waals surface area contributed by atoms with Gasteiger partial charge in [0.15, 0.2) is 11.6 Å². The largest absolute Gasteiger partial charge is 0.366 e. The van der Waals surface area contributed by atoms with Crippen LogP contribution in [0.1, 0.15) is 11.6 Å². The summed E-state index contributed by atoms with van der Waals surface area (Å²) in [6, 6.07) is 9.53. The average Bonchev–Trinajstić information content (AvgIpc) is 2.47. The van der Waals surface area contributed by atoms with E-state index in [1.54, 1.807) is 0 Å². The third kappa shape index (κ3) is 3.58. The molecule has 8 heteroatoms. The fourth-order valence-corrected chi connectivity index (χ4v) is 2.31. The Balaban J connectivity index is 2.24. The molecule has 2 aromatic rings. The first kappa shape index (κ1) is 15.9. The van der Waals surface area contributed by atoms with Crippen LogP contribution in [0.2, 0.25) is 0 Å². The summed E-state index contributed by atoms with van der Waals surface area (Å²) in [5.41, 5.74) is 0.681. The molecule has 0 aromatic heterocycles. The van der Waals surface area contributed by atoms with E-state index in [9.17, 15) is 17.2 Å². The second-order valence-electron chi connectivity index (χ2n) is 4.45. The van der Waals surface area contributed by atoms with E-state index < -0.39 is 27.7 Å². The van der Waals surface area contributed by atoms with Crippen LogP contribution in [0.15, 0.2) is 47.4 Å². The first-order valence-electron chi connectivity index (χ1n) is 6.05. The zero-order valence-corrected chi connectivity index (χ0v) is 11.9. The zero-order valence-electron chi connectivity index (χ0n) is 11.1. The van der Waals surface area contributed by atoms with Crippen molar-refractivity contribution in [3.63, 3.8) is 0 Å². The van der Waals surface area contributed by atoms with Crippen molar-refractivity contribution in [3.8, 4) is 6.07 Å². The molecule has 3 N–H and O–H groups in total. The number of anilines is 1. The Kier molecular flexibility index (Phi) is 4.40. The Labute approximate surface area is 126 Å². The molecule has 0 radical (unpaired) electrons. The summed E-state index contributed by atoms with van der Waals surface area (Å²) < 4.78 is 48.4. The normalized spacial score (nSPS) is 12.5. The maximum absolute atomic E-state index is 13.2. The van der Waals surface area contributed by atoms with Gasteiger partial charge in [0.1, 0.15) is 6.04 Å². The predicted molar refractivity (Wildman–Crippen MR) is 76.1 cm³/mol. The van der Waals surface area contributed by atoms with E-state index in [2.05, 4.69) is 5.32 Å². The van der Waals surface area contributed by atoms with Gasteiger partial charge in [0.2, 0.25) is 10.0 Å². The highest BCUT2D eigenvalue weighted by Crippen LogP contribution is 2.22. The molecule has 2 rings (SSSR count). The van der Waals surface area contributed by atoms with Crippen molar-refractivity contribution in [2.75, 3.05) is 5.32 Å². The van der Waals surface area contributed by atoms with Gasteiger partial charge < -0.3 is 5.32 Å². The number of rotatable bonds is 4. The van der Waals surface area contributed by atoms with Gasteiger partial charge in [-0.25, -0.2) is 22.3 Å². The second kappa shape index (κ2) is 6.09. The highest BCUT2D eigenvalue weighted by atomic mass is 32.2. The molecule has 1 unspecified atom stereocenters. The van der Waals surface area contributed by atoms with E-state index in [1.807, 2.05) is 6.07 Å². The lowest BCUT2D eigenvalue weighted by molar-refractivity contribution is 0.507. The smallest absolute Gasteiger partial charge is 0.238 e. The first-order valence-corrected chi connectivity index (χ1v) is 7.60. The zero-order chi connectivity index (χ0) is 16.3. The Hall–Kier alpha value is -2.50. The number of nitrogens with one attached hydrogen (secondary N) is 1. The van der Waals surface area contributed by atoms with Crippen molar-refractivity contribution in [2.24, 2.45) is 5.14 Å². The summed E-state index contributed by atoms with van der Waals surface area (Å²) in [5.74, 6) is -2.05. The molecule has 0 saturated carbocycles. The van der Waals surface area contributed by atoms with Crippen LogP contribution in [-0.4, -0.2) is 8.42 Å². The molecule has 114 valence electrons. The van der Waals surface area contributed by atoms with Gasteiger partial charge in [-0.2, -0.15) is 5.26 Å². The molecule has 0 amide bonds. The van der Waals surface area contributed by atoms with Crippen LogP contribution < -0.4 is 10.5 Å². The molecule has 0 aliphatic carbocycles. The fourth-order valence-electron chi connectivity index (χ4n) is 1.79. The monoisotopic (exact) mass is 323 g/mol. The molecule has 0 fully saturated rings. The van der Waals surface area contributed by atoms with Crippen molar-refractivity contribution in [2.45, 2.75) is 10.9 Å². The predicted octanol–water partition coefficient (Wildman–Crippen LogP) is 2.29. The Morgan fingerprint density at radius 1 is 1.09 bits per heavy atom. The second-order valence-corrected chi connectivity index (χ2v) is 6.01. The Bertz CT molecular complexity index is 830. The topological polar surface area (TPSA) is 96.0 Å². The molecule has 0 aliphatic heterocycles. The van der Waals surface area contributed by atoms with Gasteiger partial charge in [0, 0.05) is 5.69 Å². The number of nitriles is 1. The van der Waals surface area contributed by atoms with Crippen LogP contribution >= 0.6 is 0 Å². The van der Waals surface area contributed by atoms with Crippen molar-refractivity contribution >= 4 is 15.7 Å². The van der Waals surface area contributed by atoms with E-state index >= 15 is 0 Å². The molecule has 2 aromatic carbocycles. The maximum Gasteiger partial charge on any atom is 0.238 e. The van der Waals surface area contributed by atoms with Gasteiger partial charge in [-0.05, 0) is 42.0 Å². The van der Waals surface area contributed by atoms with Crippen LogP contribution in [0, 0.1) is 23.0 Å². The van der Waals surface area contributed by atoms with Gasteiger partial charge in [0.25, 0.3) is 0 Å². The number of nitrogens with zero attached hydrogens (tertiary/aromatic N) is 1. The molecule has 22 heavy (non-hydrogen) atoms. The Morgan fingerprint density at radius 3 is 2.23 bits per heavy atom. The van der Waals surface area contributed by atoms with E-state index in [0.29, 0.717) is 5.69 Å². The first-order chi connectivity index (χ1) is 10.3. The minimum Gasteiger partial charge on any atom is -0.366 e. The number of sulfonamides is 1. The van der Waals surface area contributed by atoms with Crippen LogP contribution in [-0.2, 0) is 10.0 Å². The molecular formula is C14H11F2N3O2S. The minimum atomic E-state index is -3.80. The van der Waals surface area contributed by atoms with E-state index in [-0.39, 0.29) is 10.5 Å². The number of benzene rings is 2. The van der Waals surface area contributed by atoms with Gasteiger partial charge in [-0.3, -0.25) is 0 Å². The lowest BCUT2D eigenvalue weighted by Gasteiger charge is -2.14. The van der Waals surface area contributed by atoms with Crippen molar-refractivity contribution in [3.05, 3.63) is 59.7 Å². The van der Waals surface area contributed by atoms with Gasteiger partial charge in [0.05, 0.1) is 11.0 Å². The summed E-state index contributed by atoms with van der Waals surface area (Å²) in [5, 5.41) is 16.9. The van der Waals surface area contributed by atoms with Crippen LogP contribution in [0.5, 0.6) is 0 Å². The van der Waals surface area contributed by atoms with E-state index in [4.69, 9.17) is 10.4 Å². The van der Waals surface area contributed by atoms with Crippen LogP contribution in [0.3, 0.4) is 0 Å².